The van der Waals surface area contributed by atoms with Crippen molar-refractivity contribution in [1.29, 1.82) is 0 Å². The van der Waals surface area contributed by atoms with Gasteiger partial charge in [0, 0.05) is 22.7 Å². The lowest BCUT2D eigenvalue weighted by Gasteiger charge is -2.22. The molecule has 0 spiro atoms. The molecule has 2 unspecified atom stereocenters. The molecule has 1 N–H and O–H groups in total. The summed E-state index contributed by atoms with van der Waals surface area (Å²) in [6.07, 6.45) is 0.788. The highest BCUT2D eigenvalue weighted by atomic mass is 35.5. The van der Waals surface area contributed by atoms with E-state index in [1.165, 1.54) is 0 Å². The first-order valence-electron chi connectivity index (χ1n) is 5.26. The van der Waals surface area contributed by atoms with Crippen LogP contribution >= 0.6 is 23.2 Å². The first-order chi connectivity index (χ1) is 7.60. The van der Waals surface area contributed by atoms with Crippen LogP contribution in [0.2, 0.25) is 10.0 Å². The van der Waals surface area contributed by atoms with Crippen molar-refractivity contribution in [1.82, 2.24) is 0 Å². The molecule has 0 aromatic heterocycles. The van der Waals surface area contributed by atoms with Crippen LogP contribution in [0.5, 0.6) is 0 Å². The molecule has 1 aromatic carbocycles. The molecule has 1 aromatic rings. The van der Waals surface area contributed by atoms with Gasteiger partial charge in [0.05, 0.1) is 6.10 Å². The van der Waals surface area contributed by atoms with E-state index < -0.39 is 6.10 Å². The molecule has 4 heteroatoms. The molecule has 0 saturated heterocycles. The Hall–Kier alpha value is -0.280. The number of ether oxygens (including phenoxy) is 1. The lowest BCUT2D eigenvalue weighted by atomic mass is 10.0. The molecule has 0 saturated carbocycles. The van der Waals surface area contributed by atoms with Crippen LogP contribution in [0.1, 0.15) is 31.4 Å². The van der Waals surface area contributed by atoms with Crippen LogP contribution in [0.3, 0.4) is 0 Å². The van der Waals surface area contributed by atoms with Crippen LogP contribution in [0.25, 0.3) is 0 Å². The molecular weight excluding hydrogens is 247 g/mol. The summed E-state index contributed by atoms with van der Waals surface area (Å²) < 4.78 is 5.25. The smallest absolute Gasteiger partial charge is 0.107 e. The number of hydrogen-bond donors (Lipinski definition) is 1. The highest BCUT2D eigenvalue weighted by molar-refractivity contribution is 6.35. The van der Waals surface area contributed by atoms with E-state index in [2.05, 4.69) is 0 Å². The summed E-state index contributed by atoms with van der Waals surface area (Å²) in [7, 11) is 1.59. The number of halogens is 2. The van der Waals surface area contributed by atoms with Crippen molar-refractivity contribution >= 4 is 23.2 Å². The Morgan fingerprint density at radius 2 is 2.06 bits per heavy atom. The maximum Gasteiger partial charge on any atom is 0.107 e. The monoisotopic (exact) mass is 262 g/mol. The number of rotatable bonds is 5. The van der Waals surface area contributed by atoms with Gasteiger partial charge in [0.25, 0.3) is 0 Å². The summed E-state index contributed by atoms with van der Waals surface area (Å²) in [5, 5.41) is 11.2. The van der Waals surface area contributed by atoms with Crippen LogP contribution in [-0.4, -0.2) is 18.3 Å². The third-order valence-electron chi connectivity index (χ3n) is 2.51. The number of benzene rings is 1. The zero-order valence-electron chi connectivity index (χ0n) is 9.41. The Bertz CT molecular complexity index is 342. The van der Waals surface area contributed by atoms with Crippen molar-refractivity contribution in [3.63, 3.8) is 0 Å². The van der Waals surface area contributed by atoms with Crippen molar-refractivity contribution in [2.24, 2.45) is 0 Å². The molecule has 2 nitrogen and oxygen atoms in total. The van der Waals surface area contributed by atoms with Crippen molar-refractivity contribution < 1.29 is 9.84 Å². The van der Waals surface area contributed by atoms with E-state index >= 15 is 0 Å². The summed E-state index contributed by atoms with van der Waals surface area (Å²) in [4.78, 5) is 0. The molecule has 0 radical (unpaired) electrons. The van der Waals surface area contributed by atoms with Crippen LogP contribution in [0, 0.1) is 0 Å². The van der Waals surface area contributed by atoms with E-state index in [1.54, 1.807) is 25.3 Å². The van der Waals surface area contributed by atoms with Gasteiger partial charge in [-0.15, -0.1) is 0 Å². The van der Waals surface area contributed by atoms with E-state index in [0.717, 1.165) is 12.8 Å². The third kappa shape index (κ3) is 3.36. The standard InChI is InChI=1S/C12H16Cl2O2/c1-3-4-11(16-2)12(15)9-6-5-8(13)7-10(9)14/h5-7,11-12,15H,3-4H2,1-2H3. The quantitative estimate of drug-likeness (QED) is 0.874. The Balaban J connectivity index is 2.89. The number of aliphatic hydroxyl groups excluding tert-OH is 1. The van der Waals surface area contributed by atoms with E-state index in [4.69, 9.17) is 27.9 Å². The lowest BCUT2D eigenvalue weighted by Crippen LogP contribution is -2.20. The second kappa shape index (κ2) is 6.45. The molecule has 90 valence electrons. The first kappa shape index (κ1) is 13.8. The zero-order valence-corrected chi connectivity index (χ0v) is 10.9. The van der Waals surface area contributed by atoms with Gasteiger partial charge in [-0.05, 0) is 18.6 Å². The molecule has 1 rings (SSSR count). The largest absolute Gasteiger partial charge is 0.386 e. The lowest BCUT2D eigenvalue weighted by molar-refractivity contribution is -0.0179. The molecule has 0 bridgehead atoms. The Labute approximate surface area is 106 Å². The highest BCUT2D eigenvalue weighted by Gasteiger charge is 2.21. The van der Waals surface area contributed by atoms with Crippen molar-refractivity contribution in [2.75, 3.05) is 7.11 Å². The molecular formula is C12H16Cl2O2. The SMILES string of the molecule is CCCC(OC)C(O)c1ccc(Cl)cc1Cl. The fourth-order valence-electron chi connectivity index (χ4n) is 1.63. The molecule has 2 atom stereocenters. The molecule has 0 aliphatic carbocycles. The molecule has 0 aliphatic rings. The second-order valence-electron chi connectivity index (χ2n) is 3.67. The van der Waals surface area contributed by atoms with Crippen LogP contribution in [0.4, 0.5) is 0 Å². The molecule has 0 fully saturated rings. The zero-order chi connectivity index (χ0) is 12.1. The fraction of sp³-hybridized carbons (Fsp3) is 0.500. The van der Waals surface area contributed by atoms with Gasteiger partial charge >= 0.3 is 0 Å². The highest BCUT2D eigenvalue weighted by Crippen LogP contribution is 2.30. The summed E-state index contributed by atoms with van der Waals surface area (Å²) >= 11 is 11.8. The summed E-state index contributed by atoms with van der Waals surface area (Å²) in [6.45, 7) is 2.04. The topological polar surface area (TPSA) is 29.5 Å². The second-order valence-corrected chi connectivity index (χ2v) is 4.52. The van der Waals surface area contributed by atoms with Gasteiger partial charge in [0.2, 0.25) is 0 Å². The van der Waals surface area contributed by atoms with E-state index in [0.29, 0.717) is 15.6 Å². The van der Waals surface area contributed by atoms with E-state index in [-0.39, 0.29) is 6.10 Å². The summed E-state index contributed by atoms with van der Waals surface area (Å²) in [6, 6.07) is 5.07. The van der Waals surface area contributed by atoms with E-state index in [9.17, 15) is 5.11 Å². The van der Waals surface area contributed by atoms with Gasteiger partial charge in [0.1, 0.15) is 6.10 Å². The number of aliphatic hydroxyl groups is 1. The molecule has 0 amide bonds. The normalized spacial score (nSPS) is 14.8. The van der Waals surface area contributed by atoms with Gasteiger partial charge < -0.3 is 9.84 Å². The Morgan fingerprint density at radius 1 is 1.38 bits per heavy atom. The van der Waals surface area contributed by atoms with Gasteiger partial charge in [-0.25, -0.2) is 0 Å². The minimum atomic E-state index is -0.713. The Morgan fingerprint density at radius 3 is 2.56 bits per heavy atom. The first-order valence-corrected chi connectivity index (χ1v) is 6.01. The predicted molar refractivity (Wildman–Crippen MR) is 67.1 cm³/mol. The Kier molecular flexibility index (Phi) is 5.56. The predicted octanol–water partition coefficient (Wildman–Crippen LogP) is 3.84. The minimum absolute atomic E-state index is 0.233. The van der Waals surface area contributed by atoms with Crippen LogP contribution in [0.15, 0.2) is 18.2 Å². The van der Waals surface area contributed by atoms with Gasteiger partial charge in [-0.2, -0.15) is 0 Å². The minimum Gasteiger partial charge on any atom is -0.386 e. The molecule has 16 heavy (non-hydrogen) atoms. The summed E-state index contributed by atoms with van der Waals surface area (Å²) in [5.41, 5.74) is 0.659. The summed E-state index contributed by atoms with van der Waals surface area (Å²) in [5.74, 6) is 0. The number of methoxy groups -OCH3 is 1. The van der Waals surface area contributed by atoms with Crippen molar-refractivity contribution in [3.8, 4) is 0 Å². The average molecular weight is 263 g/mol. The molecule has 0 heterocycles. The number of hydrogen-bond acceptors (Lipinski definition) is 2. The van der Waals surface area contributed by atoms with Crippen molar-refractivity contribution in [3.05, 3.63) is 33.8 Å². The van der Waals surface area contributed by atoms with E-state index in [1.807, 2.05) is 6.92 Å². The average Bonchev–Trinajstić information content (AvgIpc) is 2.25. The van der Waals surface area contributed by atoms with Crippen LogP contribution < -0.4 is 0 Å². The maximum absolute atomic E-state index is 10.1. The third-order valence-corrected chi connectivity index (χ3v) is 3.07. The maximum atomic E-state index is 10.1. The fourth-order valence-corrected chi connectivity index (χ4v) is 2.15. The van der Waals surface area contributed by atoms with Crippen molar-refractivity contribution in [2.45, 2.75) is 32.0 Å². The van der Waals surface area contributed by atoms with Crippen LogP contribution in [-0.2, 0) is 4.74 Å². The van der Waals surface area contributed by atoms with Gasteiger partial charge in [0.15, 0.2) is 0 Å². The van der Waals surface area contributed by atoms with Gasteiger partial charge in [-0.3, -0.25) is 0 Å². The molecule has 0 aliphatic heterocycles. The van der Waals surface area contributed by atoms with Gasteiger partial charge in [-0.1, -0.05) is 42.6 Å².